The monoisotopic (exact) mass is 291 g/mol. The van der Waals surface area contributed by atoms with Crippen LogP contribution in [0.1, 0.15) is 0 Å². The highest BCUT2D eigenvalue weighted by atomic mass is 16.4. The average molecular weight is 291 g/mol. The van der Waals surface area contributed by atoms with Crippen molar-refractivity contribution in [2.24, 2.45) is 5.92 Å². The van der Waals surface area contributed by atoms with Gasteiger partial charge in [0, 0.05) is 51.4 Å². The Bertz CT molecular complexity index is 476. The Morgan fingerprint density at radius 1 is 1.38 bits per heavy atom. The third-order valence-electron chi connectivity index (χ3n) is 4.24. The van der Waals surface area contributed by atoms with Crippen LogP contribution in [0.25, 0.3) is 0 Å². The number of carboxylic acid groups (broad SMARTS) is 1. The van der Waals surface area contributed by atoms with Gasteiger partial charge in [0.2, 0.25) is 0 Å². The zero-order valence-corrected chi connectivity index (χ0v) is 11.9. The molecule has 0 spiro atoms. The number of pyridine rings is 1. The summed E-state index contributed by atoms with van der Waals surface area (Å²) < 4.78 is 0. The standard InChI is InChI=1S/C14H21N5O2/c20-14(21)13-11(8-16-17-13)10-18-4-6-19(7-5-18)12-2-1-3-15-9-12/h1-3,9,11,13,16-17H,4-8,10H2,(H,20,21). The van der Waals surface area contributed by atoms with Crippen LogP contribution in [0.5, 0.6) is 0 Å². The second-order valence-electron chi connectivity index (χ2n) is 5.60. The summed E-state index contributed by atoms with van der Waals surface area (Å²) in [6.45, 7) is 5.35. The van der Waals surface area contributed by atoms with Crippen LogP contribution in [0.2, 0.25) is 0 Å². The highest BCUT2D eigenvalue weighted by Crippen LogP contribution is 2.16. The van der Waals surface area contributed by atoms with Gasteiger partial charge in [-0.1, -0.05) is 0 Å². The quantitative estimate of drug-likeness (QED) is 0.682. The maximum atomic E-state index is 11.2. The molecule has 0 saturated carbocycles. The third kappa shape index (κ3) is 3.31. The van der Waals surface area contributed by atoms with E-state index in [0.29, 0.717) is 6.54 Å². The SMILES string of the molecule is O=C(O)C1NNCC1CN1CCN(c2cccnc2)CC1. The number of anilines is 1. The number of carbonyl (C=O) groups is 1. The largest absolute Gasteiger partial charge is 0.480 e. The van der Waals surface area contributed by atoms with Crippen molar-refractivity contribution in [2.75, 3.05) is 44.2 Å². The maximum absolute atomic E-state index is 11.2. The Morgan fingerprint density at radius 2 is 2.19 bits per heavy atom. The number of nitrogens with zero attached hydrogens (tertiary/aromatic N) is 3. The smallest absolute Gasteiger partial charge is 0.322 e. The Balaban J connectivity index is 1.51. The van der Waals surface area contributed by atoms with Crippen molar-refractivity contribution in [3.8, 4) is 0 Å². The van der Waals surface area contributed by atoms with E-state index >= 15 is 0 Å². The number of hydrazine groups is 1. The molecule has 0 radical (unpaired) electrons. The number of aromatic nitrogens is 1. The summed E-state index contributed by atoms with van der Waals surface area (Å²) in [6, 6.07) is 3.55. The second-order valence-corrected chi connectivity index (χ2v) is 5.60. The summed E-state index contributed by atoms with van der Waals surface area (Å²) in [5.74, 6) is -0.661. The molecule has 7 heteroatoms. The summed E-state index contributed by atoms with van der Waals surface area (Å²) in [7, 11) is 0. The van der Waals surface area contributed by atoms with Gasteiger partial charge in [-0.3, -0.25) is 20.1 Å². The van der Waals surface area contributed by atoms with Crippen LogP contribution in [-0.4, -0.2) is 66.3 Å². The minimum Gasteiger partial charge on any atom is -0.480 e. The molecule has 0 aromatic carbocycles. The van der Waals surface area contributed by atoms with Gasteiger partial charge < -0.3 is 10.0 Å². The predicted octanol–water partition coefficient (Wildman–Crippen LogP) is -0.619. The number of piperazine rings is 1. The van der Waals surface area contributed by atoms with Gasteiger partial charge in [0.05, 0.1) is 11.9 Å². The molecule has 0 amide bonds. The summed E-state index contributed by atoms with van der Waals surface area (Å²) >= 11 is 0. The topological polar surface area (TPSA) is 80.7 Å². The molecule has 21 heavy (non-hydrogen) atoms. The molecule has 7 nitrogen and oxygen atoms in total. The Morgan fingerprint density at radius 3 is 2.86 bits per heavy atom. The molecule has 2 fully saturated rings. The van der Waals surface area contributed by atoms with E-state index in [0.717, 1.165) is 38.4 Å². The van der Waals surface area contributed by atoms with E-state index in [1.54, 1.807) is 6.20 Å². The van der Waals surface area contributed by atoms with Crippen molar-refractivity contribution in [3.63, 3.8) is 0 Å². The molecule has 3 N–H and O–H groups in total. The predicted molar refractivity (Wildman–Crippen MR) is 78.9 cm³/mol. The number of hydrogen-bond acceptors (Lipinski definition) is 6. The molecule has 2 aliphatic rings. The Hall–Kier alpha value is -1.70. The first-order chi connectivity index (χ1) is 10.2. The van der Waals surface area contributed by atoms with Crippen molar-refractivity contribution in [1.29, 1.82) is 0 Å². The first-order valence-electron chi connectivity index (χ1n) is 7.32. The fraction of sp³-hybridized carbons (Fsp3) is 0.571. The first kappa shape index (κ1) is 14.2. The van der Waals surface area contributed by atoms with E-state index in [1.807, 2.05) is 12.3 Å². The van der Waals surface area contributed by atoms with E-state index in [9.17, 15) is 4.79 Å². The zero-order chi connectivity index (χ0) is 14.7. The molecule has 1 aromatic rings. The lowest BCUT2D eigenvalue weighted by atomic mass is 10.0. The molecule has 0 aliphatic carbocycles. The number of aliphatic carboxylic acids is 1. The summed E-state index contributed by atoms with van der Waals surface area (Å²) in [6.07, 6.45) is 3.67. The highest BCUT2D eigenvalue weighted by molar-refractivity contribution is 5.74. The van der Waals surface area contributed by atoms with E-state index in [1.165, 1.54) is 0 Å². The van der Waals surface area contributed by atoms with Crippen molar-refractivity contribution in [2.45, 2.75) is 6.04 Å². The fourth-order valence-electron chi connectivity index (χ4n) is 3.03. The lowest BCUT2D eigenvalue weighted by Crippen LogP contribution is -2.50. The van der Waals surface area contributed by atoms with Gasteiger partial charge in [-0.25, -0.2) is 5.43 Å². The molecule has 2 unspecified atom stereocenters. The van der Waals surface area contributed by atoms with Crippen LogP contribution < -0.4 is 15.8 Å². The second kappa shape index (κ2) is 6.38. The fourth-order valence-corrected chi connectivity index (χ4v) is 3.03. The molecule has 3 heterocycles. The molecule has 2 saturated heterocycles. The van der Waals surface area contributed by atoms with E-state index < -0.39 is 12.0 Å². The minimum atomic E-state index is -0.779. The Kier molecular flexibility index (Phi) is 4.33. The van der Waals surface area contributed by atoms with Crippen molar-refractivity contribution in [1.82, 2.24) is 20.7 Å². The number of carboxylic acids is 1. The molecule has 1 aromatic heterocycles. The normalized spacial score (nSPS) is 27.0. The van der Waals surface area contributed by atoms with Crippen LogP contribution in [0.4, 0.5) is 5.69 Å². The van der Waals surface area contributed by atoms with Gasteiger partial charge in [-0.05, 0) is 12.1 Å². The van der Waals surface area contributed by atoms with Gasteiger partial charge in [-0.15, -0.1) is 0 Å². The van der Waals surface area contributed by atoms with Crippen LogP contribution in [0.15, 0.2) is 24.5 Å². The lowest BCUT2D eigenvalue weighted by molar-refractivity contribution is -0.140. The molecule has 114 valence electrons. The van der Waals surface area contributed by atoms with E-state index in [2.05, 4.69) is 31.7 Å². The maximum Gasteiger partial charge on any atom is 0.322 e. The number of nitrogens with one attached hydrogen (secondary N) is 2. The zero-order valence-electron chi connectivity index (χ0n) is 11.9. The van der Waals surface area contributed by atoms with Crippen LogP contribution in [-0.2, 0) is 4.79 Å². The van der Waals surface area contributed by atoms with Gasteiger partial charge in [-0.2, -0.15) is 0 Å². The lowest BCUT2D eigenvalue weighted by Gasteiger charge is -2.37. The molecular weight excluding hydrogens is 270 g/mol. The summed E-state index contributed by atoms with van der Waals surface area (Å²) in [5, 5.41) is 9.17. The number of rotatable bonds is 4. The molecule has 3 rings (SSSR count). The Labute approximate surface area is 123 Å². The van der Waals surface area contributed by atoms with Gasteiger partial charge in [0.1, 0.15) is 6.04 Å². The third-order valence-corrected chi connectivity index (χ3v) is 4.24. The van der Waals surface area contributed by atoms with Gasteiger partial charge in [0.25, 0.3) is 0 Å². The first-order valence-corrected chi connectivity index (χ1v) is 7.32. The van der Waals surface area contributed by atoms with Gasteiger partial charge in [0.15, 0.2) is 0 Å². The van der Waals surface area contributed by atoms with Crippen LogP contribution >= 0.6 is 0 Å². The van der Waals surface area contributed by atoms with Crippen LogP contribution in [0.3, 0.4) is 0 Å². The van der Waals surface area contributed by atoms with E-state index in [-0.39, 0.29) is 5.92 Å². The molecule has 2 atom stereocenters. The van der Waals surface area contributed by atoms with E-state index in [4.69, 9.17) is 5.11 Å². The van der Waals surface area contributed by atoms with Crippen LogP contribution in [0, 0.1) is 5.92 Å². The molecular formula is C14H21N5O2. The van der Waals surface area contributed by atoms with Crippen molar-refractivity contribution >= 4 is 11.7 Å². The van der Waals surface area contributed by atoms with Crippen molar-refractivity contribution < 1.29 is 9.90 Å². The van der Waals surface area contributed by atoms with Crippen molar-refractivity contribution in [3.05, 3.63) is 24.5 Å². The van der Waals surface area contributed by atoms with Gasteiger partial charge >= 0.3 is 5.97 Å². The molecule has 0 bridgehead atoms. The minimum absolute atomic E-state index is 0.118. The summed E-state index contributed by atoms with van der Waals surface area (Å²) in [5.41, 5.74) is 6.94. The molecule has 2 aliphatic heterocycles. The average Bonchev–Trinajstić information content (AvgIpc) is 2.97. The number of hydrogen-bond donors (Lipinski definition) is 3. The summed E-state index contributed by atoms with van der Waals surface area (Å²) in [4.78, 5) is 20.0. The highest BCUT2D eigenvalue weighted by Gasteiger charge is 2.34.